The summed E-state index contributed by atoms with van der Waals surface area (Å²) in [5, 5.41) is 20.2. The fraction of sp³-hybridized carbons (Fsp3) is 0.500. The van der Waals surface area contributed by atoms with Crippen molar-refractivity contribution < 1.29 is 14.8 Å². The van der Waals surface area contributed by atoms with Crippen LogP contribution >= 0.6 is 11.6 Å². The van der Waals surface area contributed by atoms with Crippen LogP contribution in [-0.4, -0.2) is 39.5 Å². The number of nitro benzene ring substituents is 1. The third-order valence-electron chi connectivity index (χ3n) is 3.64. The lowest BCUT2D eigenvalue weighted by Crippen LogP contribution is -2.37. The van der Waals surface area contributed by atoms with Crippen LogP contribution in [0.4, 0.5) is 5.69 Å². The van der Waals surface area contributed by atoms with Gasteiger partial charge in [-0.15, -0.1) is 0 Å². The predicted molar refractivity (Wildman–Crippen MR) is 78.5 cm³/mol. The van der Waals surface area contributed by atoms with Crippen molar-refractivity contribution in [2.45, 2.75) is 38.3 Å². The Morgan fingerprint density at radius 1 is 1.62 bits per heavy atom. The van der Waals surface area contributed by atoms with Gasteiger partial charge in [0.15, 0.2) is 0 Å². The van der Waals surface area contributed by atoms with Gasteiger partial charge in [0.25, 0.3) is 11.6 Å². The number of carbonyl (C=O) groups is 1. The molecule has 0 saturated carbocycles. The summed E-state index contributed by atoms with van der Waals surface area (Å²) in [6.45, 7) is 2.33. The Labute approximate surface area is 127 Å². The van der Waals surface area contributed by atoms with Crippen molar-refractivity contribution in [1.29, 1.82) is 0 Å². The predicted octanol–water partition coefficient (Wildman–Crippen LogP) is 2.62. The van der Waals surface area contributed by atoms with E-state index in [1.807, 2.05) is 0 Å². The first kappa shape index (κ1) is 15.7. The average molecular weight is 313 g/mol. The second kappa shape index (κ2) is 6.41. The minimum atomic E-state index is -0.581. The molecule has 114 valence electrons. The zero-order chi connectivity index (χ0) is 15.6. The van der Waals surface area contributed by atoms with Crippen LogP contribution < -0.4 is 0 Å². The molecule has 1 fully saturated rings. The summed E-state index contributed by atoms with van der Waals surface area (Å²) in [5.41, 5.74) is 0.123. The molecule has 1 aliphatic rings. The highest BCUT2D eigenvalue weighted by Gasteiger charge is 2.30. The molecule has 1 heterocycles. The fourth-order valence-electron chi connectivity index (χ4n) is 2.70. The quantitative estimate of drug-likeness (QED) is 0.684. The summed E-state index contributed by atoms with van der Waals surface area (Å²) in [6.07, 6.45) is 1.82. The Kier molecular flexibility index (Phi) is 4.80. The van der Waals surface area contributed by atoms with Gasteiger partial charge in [-0.05, 0) is 38.3 Å². The van der Waals surface area contributed by atoms with E-state index in [0.717, 1.165) is 12.8 Å². The van der Waals surface area contributed by atoms with Gasteiger partial charge in [0.05, 0.1) is 11.0 Å². The number of halogens is 1. The van der Waals surface area contributed by atoms with Crippen LogP contribution in [0.1, 0.15) is 36.5 Å². The lowest BCUT2D eigenvalue weighted by molar-refractivity contribution is -0.384. The topological polar surface area (TPSA) is 83.7 Å². The fourth-order valence-corrected chi connectivity index (χ4v) is 2.95. The van der Waals surface area contributed by atoms with Crippen molar-refractivity contribution in [2.24, 2.45) is 0 Å². The second-order valence-electron chi connectivity index (χ2n) is 5.30. The number of hydrogen-bond donors (Lipinski definition) is 1. The largest absolute Gasteiger partial charge is 0.393 e. The van der Waals surface area contributed by atoms with Gasteiger partial charge in [0.1, 0.15) is 5.02 Å². The van der Waals surface area contributed by atoms with Crippen LogP contribution in [0.25, 0.3) is 0 Å². The number of benzene rings is 1. The number of likely N-dealkylation sites (tertiary alicyclic amines) is 1. The molecule has 1 saturated heterocycles. The number of carbonyl (C=O) groups excluding carboxylic acids is 1. The van der Waals surface area contributed by atoms with E-state index in [4.69, 9.17) is 11.6 Å². The summed E-state index contributed by atoms with van der Waals surface area (Å²) < 4.78 is 0. The highest BCUT2D eigenvalue weighted by molar-refractivity contribution is 6.33. The van der Waals surface area contributed by atoms with E-state index in [0.29, 0.717) is 18.5 Å². The van der Waals surface area contributed by atoms with Crippen molar-refractivity contribution >= 4 is 23.2 Å². The molecule has 1 amide bonds. The van der Waals surface area contributed by atoms with Gasteiger partial charge in [-0.2, -0.15) is 0 Å². The Bertz CT molecular complexity index is 562. The van der Waals surface area contributed by atoms with Gasteiger partial charge in [0, 0.05) is 24.2 Å². The SMILES string of the molecule is C[C@@H](O)C[C@H]1CCCN1C(=O)c1ccc([N+](=O)[O-])c(Cl)c1. The van der Waals surface area contributed by atoms with E-state index in [-0.39, 0.29) is 22.7 Å². The van der Waals surface area contributed by atoms with Gasteiger partial charge in [-0.25, -0.2) is 0 Å². The van der Waals surface area contributed by atoms with Crippen LogP contribution in [0, 0.1) is 10.1 Å². The lowest BCUT2D eigenvalue weighted by atomic mass is 10.1. The molecule has 21 heavy (non-hydrogen) atoms. The van der Waals surface area contributed by atoms with E-state index in [1.54, 1.807) is 11.8 Å². The molecule has 1 N–H and O–H groups in total. The zero-order valence-electron chi connectivity index (χ0n) is 11.7. The molecule has 0 aliphatic carbocycles. The molecule has 1 aromatic rings. The molecular weight excluding hydrogens is 296 g/mol. The highest BCUT2D eigenvalue weighted by Crippen LogP contribution is 2.28. The maximum atomic E-state index is 12.5. The molecule has 0 spiro atoms. The Morgan fingerprint density at radius 2 is 2.33 bits per heavy atom. The molecule has 6 nitrogen and oxygen atoms in total. The maximum Gasteiger partial charge on any atom is 0.287 e. The maximum absolute atomic E-state index is 12.5. The first-order valence-electron chi connectivity index (χ1n) is 6.83. The van der Waals surface area contributed by atoms with Crippen molar-refractivity contribution in [1.82, 2.24) is 4.90 Å². The second-order valence-corrected chi connectivity index (χ2v) is 5.71. The number of nitro groups is 1. The molecule has 0 bridgehead atoms. The molecule has 1 aromatic carbocycles. The van der Waals surface area contributed by atoms with Gasteiger partial charge >= 0.3 is 0 Å². The Balaban J connectivity index is 2.19. The molecular formula is C14H17ClN2O4. The van der Waals surface area contributed by atoms with Crippen LogP contribution in [0.15, 0.2) is 18.2 Å². The van der Waals surface area contributed by atoms with Crippen molar-refractivity contribution in [3.63, 3.8) is 0 Å². The average Bonchev–Trinajstić information content (AvgIpc) is 2.84. The molecule has 1 aliphatic heterocycles. The summed E-state index contributed by atoms with van der Waals surface area (Å²) >= 11 is 5.84. The highest BCUT2D eigenvalue weighted by atomic mass is 35.5. The summed E-state index contributed by atoms with van der Waals surface area (Å²) in [5.74, 6) is -0.199. The number of aliphatic hydroxyl groups is 1. The third-order valence-corrected chi connectivity index (χ3v) is 3.95. The smallest absolute Gasteiger partial charge is 0.287 e. The lowest BCUT2D eigenvalue weighted by Gasteiger charge is -2.25. The molecule has 0 radical (unpaired) electrons. The number of aliphatic hydroxyl groups excluding tert-OH is 1. The third kappa shape index (κ3) is 3.51. The number of hydrogen-bond acceptors (Lipinski definition) is 4. The van der Waals surface area contributed by atoms with Crippen molar-refractivity contribution in [2.75, 3.05) is 6.54 Å². The first-order valence-corrected chi connectivity index (χ1v) is 7.21. The molecule has 2 rings (SSSR count). The number of amides is 1. The first-order chi connectivity index (χ1) is 9.90. The Morgan fingerprint density at radius 3 is 2.90 bits per heavy atom. The van der Waals surface area contributed by atoms with E-state index in [9.17, 15) is 20.0 Å². The number of nitrogens with zero attached hydrogens (tertiary/aromatic N) is 2. The van der Waals surface area contributed by atoms with Gasteiger partial charge < -0.3 is 10.0 Å². The molecule has 2 atom stereocenters. The van der Waals surface area contributed by atoms with Crippen LogP contribution in [-0.2, 0) is 0 Å². The molecule has 0 aromatic heterocycles. The Hall–Kier alpha value is -1.66. The molecule has 7 heteroatoms. The van der Waals surface area contributed by atoms with E-state index < -0.39 is 11.0 Å². The monoisotopic (exact) mass is 312 g/mol. The minimum Gasteiger partial charge on any atom is -0.393 e. The van der Waals surface area contributed by atoms with Crippen molar-refractivity contribution in [3.05, 3.63) is 38.9 Å². The molecule has 0 unspecified atom stereocenters. The van der Waals surface area contributed by atoms with Gasteiger partial charge in [-0.1, -0.05) is 11.6 Å². The van der Waals surface area contributed by atoms with Gasteiger partial charge in [0.2, 0.25) is 0 Å². The summed E-state index contributed by atoms with van der Waals surface area (Å²) in [7, 11) is 0. The van der Waals surface area contributed by atoms with Crippen LogP contribution in [0.5, 0.6) is 0 Å². The van der Waals surface area contributed by atoms with E-state index in [2.05, 4.69) is 0 Å². The van der Waals surface area contributed by atoms with Crippen LogP contribution in [0.2, 0.25) is 5.02 Å². The normalized spacial score (nSPS) is 19.6. The van der Waals surface area contributed by atoms with Gasteiger partial charge in [-0.3, -0.25) is 14.9 Å². The van der Waals surface area contributed by atoms with Crippen LogP contribution in [0.3, 0.4) is 0 Å². The minimum absolute atomic E-state index is 0.00599. The standard InChI is InChI=1S/C14H17ClN2O4/c1-9(18)7-11-3-2-6-16(11)14(19)10-4-5-13(17(20)21)12(15)8-10/h4-5,8-9,11,18H,2-3,6-7H2,1H3/t9-,11-/m1/s1. The summed E-state index contributed by atoms with van der Waals surface area (Å²) in [4.78, 5) is 24.4. The summed E-state index contributed by atoms with van der Waals surface area (Å²) in [6, 6.07) is 4.01. The van der Waals surface area contributed by atoms with Crippen molar-refractivity contribution in [3.8, 4) is 0 Å². The van der Waals surface area contributed by atoms with E-state index >= 15 is 0 Å². The van der Waals surface area contributed by atoms with E-state index in [1.165, 1.54) is 18.2 Å². The number of rotatable bonds is 4. The zero-order valence-corrected chi connectivity index (χ0v) is 12.4.